The molecule has 5 heteroatoms. The van der Waals surface area contributed by atoms with Crippen LogP contribution in [0.2, 0.25) is 5.02 Å². The molecule has 0 aliphatic heterocycles. The lowest BCUT2D eigenvalue weighted by Gasteiger charge is -2.17. The Morgan fingerprint density at radius 1 is 1.32 bits per heavy atom. The van der Waals surface area contributed by atoms with E-state index in [0.717, 1.165) is 24.8 Å². The summed E-state index contributed by atoms with van der Waals surface area (Å²) in [7, 11) is 0. The van der Waals surface area contributed by atoms with Crippen LogP contribution in [0.5, 0.6) is 0 Å². The predicted octanol–water partition coefficient (Wildman–Crippen LogP) is 3.88. The normalized spacial score (nSPS) is 17.4. The Hall–Kier alpha value is -2.07. The summed E-state index contributed by atoms with van der Waals surface area (Å²) in [4.78, 5) is 12.3. The first-order chi connectivity index (χ1) is 10.7. The fourth-order valence-corrected chi connectivity index (χ4v) is 2.81. The lowest BCUT2D eigenvalue weighted by molar-refractivity contribution is -0.120. The minimum Gasteiger partial charge on any atom is -0.311 e. The van der Waals surface area contributed by atoms with Gasteiger partial charge in [-0.3, -0.25) is 4.79 Å². The number of hydrogen-bond acceptors (Lipinski definition) is 2. The van der Waals surface area contributed by atoms with Crippen LogP contribution >= 0.6 is 11.6 Å². The first kappa shape index (κ1) is 14.9. The van der Waals surface area contributed by atoms with E-state index in [0.29, 0.717) is 17.4 Å². The third-order valence-electron chi connectivity index (χ3n) is 3.89. The molecule has 1 N–H and O–H groups in total. The molecule has 1 heterocycles. The monoisotopic (exact) mass is 315 g/mol. The topological polar surface area (TPSA) is 46.9 Å². The summed E-state index contributed by atoms with van der Waals surface area (Å²) in [5.74, 6) is 0.818. The van der Waals surface area contributed by atoms with Crippen LogP contribution in [-0.2, 0) is 11.3 Å². The molecule has 4 nitrogen and oxygen atoms in total. The van der Waals surface area contributed by atoms with E-state index < -0.39 is 0 Å². The Kier molecular flexibility index (Phi) is 4.59. The lowest BCUT2D eigenvalue weighted by Crippen LogP contribution is -2.25. The molecule has 1 unspecified atom stereocenters. The number of carbonyl (C=O) groups is 1. The van der Waals surface area contributed by atoms with Gasteiger partial charge in [0.2, 0.25) is 5.91 Å². The van der Waals surface area contributed by atoms with E-state index in [1.54, 1.807) is 10.9 Å². The van der Waals surface area contributed by atoms with Gasteiger partial charge in [-0.2, -0.15) is 5.10 Å². The standard InChI is InChI=1S/C17H18ClN3O/c18-15-9-5-4-8-14(15)12-21-16(10-11-19-21)20-17(22)13-6-2-1-3-7-13/h1-2,4-5,8-11,13H,3,6-7,12H2,(H,20,22). The minimum atomic E-state index is 0.0497. The van der Waals surface area contributed by atoms with E-state index in [9.17, 15) is 4.79 Å². The summed E-state index contributed by atoms with van der Waals surface area (Å²) in [6, 6.07) is 9.47. The number of anilines is 1. The van der Waals surface area contributed by atoms with E-state index in [-0.39, 0.29) is 11.8 Å². The summed E-state index contributed by atoms with van der Waals surface area (Å²) >= 11 is 6.18. The first-order valence-corrected chi connectivity index (χ1v) is 7.83. The zero-order valence-corrected chi connectivity index (χ0v) is 13.0. The van der Waals surface area contributed by atoms with Crippen molar-refractivity contribution in [1.29, 1.82) is 0 Å². The molecule has 0 saturated heterocycles. The number of nitrogens with one attached hydrogen (secondary N) is 1. The fraction of sp³-hybridized carbons (Fsp3) is 0.294. The molecule has 0 fully saturated rings. The van der Waals surface area contributed by atoms with Gasteiger partial charge in [0.05, 0.1) is 12.7 Å². The van der Waals surface area contributed by atoms with Gasteiger partial charge in [0.1, 0.15) is 5.82 Å². The van der Waals surface area contributed by atoms with Crippen molar-refractivity contribution < 1.29 is 4.79 Å². The van der Waals surface area contributed by atoms with Gasteiger partial charge in [-0.1, -0.05) is 42.0 Å². The van der Waals surface area contributed by atoms with Crippen LogP contribution in [0.1, 0.15) is 24.8 Å². The number of rotatable bonds is 4. The van der Waals surface area contributed by atoms with Crippen LogP contribution < -0.4 is 5.32 Å². The minimum absolute atomic E-state index is 0.0497. The van der Waals surface area contributed by atoms with E-state index in [2.05, 4.69) is 22.6 Å². The van der Waals surface area contributed by atoms with Crippen LogP contribution in [0.4, 0.5) is 5.82 Å². The summed E-state index contributed by atoms with van der Waals surface area (Å²) in [6.45, 7) is 0.535. The molecule has 1 aromatic carbocycles. The Balaban J connectivity index is 1.71. The molecule has 1 aliphatic carbocycles. The zero-order chi connectivity index (χ0) is 15.4. The Morgan fingerprint density at radius 2 is 2.18 bits per heavy atom. The molecule has 22 heavy (non-hydrogen) atoms. The molecular formula is C17H18ClN3O. The second-order valence-electron chi connectivity index (χ2n) is 5.44. The smallest absolute Gasteiger partial charge is 0.228 e. The zero-order valence-electron chi connectivity index (χ0n) is 12.2. The molecule has 1 amide bonds. The SMILES string of the molecule is O=C(Nc1ccnn1Cc1ccccc1Cl)C1CC=CCC1. The van der Waals surface area contributed by atoms with Crippen molar-refractivity contribution in [3.8, 4) is 0 Å². The lowest BCUT2D eigenvalue weighted by atomic mass is 9.94. The van der Waals surface area contributed by atoms with Crippen molar-refractivity contribution in [3.05, 3.63) is 59.3 Å². The van der Waals surface area contributed by atoms with E-state index in [1.165, 1.54) is 0 Å². The third kappa shape index (κ3) is 3.39. The van der Waals surface area contributed by atoms with Gasteiger partial charge in [-0.15, -0.1) is 0 Å². The molecule has 0 saturated carbocycles. The van der Waals surface area contributed by atoms with Gasteiger partial charge in [-0.25, -0.2) is 4.68 Å². The van der Waals surface area contributed by atoms with Crippen molar-refractivity contribution in [2.75, 3.05) is 5.32 Å². The number of benzene rings is 1. The van der Waals surface area contributed by atoms with Crippen molar-refractivity contribution in [2.24, 2.45) is 5.92 Å². The van der Waals surface area contributed by atoms with Crippen LogP contribution in [-0.4, -0.2) is 15.7 Å². The summed E-state index contributed by atoms with van der Waals surface area (Å²) in [5, 5.41) is 7.97. The number of nitrogens with zero attached hydrogens (tertiary/aromatic N) is 2. The number of aromatic nitrogens is 2. The molecule has 1 aliphatic rings. The van der Waals surface area contributed by atoms with Crippen LogP contribution in [0.25, 0.3) is 0 Å². The molecule has 3 rings (SSSR count). The predicted molar refractivity (Wildman–Crippen MR) is 87.9 cm³/mol. The van der Waals surface area contributed by atoms with E-state index >= 15 is 0 Å². The fourth-order valence-electron chi connectivity index (χ4n) is 2.61. The Labute approximate surface area is 134 Å². The number of hydrogen-bond donors (Lipinski definition) is 1. The number of halogens is 1. The summed E-state index contributed by atoms with van der Waals surface area (Å²) < 4.78 is 1.76. The molecule has 0 bridgehead atoms. The maximum absolute atomic E-state index is 12.3. The second-order valence-corrected chi connectivity index (χ2v) is 5.84. The second kappa shape index (κ2) is 6.79. The average Bonchev–Trinajstić information content (AvgIpc) is 2.97. The van der Waals surface area contributed by atoms with Gasteiger partial charge in [0, 0.05) is 17.0 Å². The molecule has 0 spiro atoms. The largest absolute Gasteiger partial charge is 0.311 e. The van der Waals surface area contributed by atoms with Crippen LogP contribution in [0.3, 0.4) is 0 Å². The van der Waals surface area contributed by atoms with E-state index in [4.69, 9.17) is 11.6 Å². The Morgan fingerprint density at radius 3 is 2.95 bits per heavy atom. The van der Waals surface area contributed by atoms with Gasteiger partial charge >= 0.3 is 0 Å². The molecule has 1 aromatic heterocycles. The first-order valence-electron chi connectivity index (χ1n) is 7.45. The molecular weight excluding hydrogens is 298 g/mol. The quantitative estimate of drug-likeness (QED) is 0.870. The van der Waals surface area contributed by atoms with Crippen LogP contribution in [0.15, 0.2) is 48.7 Å². The highest BCUT2D eigenvalue weighted by Gasteiger charge is 2.20. The van der Waals surface area contributed by atoms with E-state index in [1.807, 2.05) is 30.3 Å². The maximum Gasteiger partial charge on any atom is 0.228 e. The Bertz CT molecular complexity index is 693. The molecule has 1 atom stereocenters. The van der Waals surface area contributed by atoms with Crippen molar-refractivity contribution in [1.82, 2.24) is 9.78 Å². The summed E-state index contributed by atoms with van der Waals surface area (Å²) in [6.07, 6.45) is 8.58. The molecule has 0 radical (unpaired) electrons. The van der Waals surface area contributed by atoms with Crippen molar-refractivity contribution in [3.63, 3.8) is 0 Å². The van der Waals surface area contributed by atoms with Gasteiger partial charge in [0.25, 0.3) is 0 Å². The van der Waals surface area contributed by atoms with Gasteiger partial charge in [-0.05, 0) is 30.9 Å². The highest BCUT2D eigenvalue weighted by atomic mass is 35.5. The molecule has 114 valence electrons. The summed E-state index contributed by atoms with van der Waals surface area (Å²) in [5.41, 5.74) is 0.976. The highest BCUT2D eigenvalue weighted by Crippen LogP contribution is 2.21. The third-order valence-corrected chi connectivity index (χ3v) is 4.25. The van der Waals surface area contributed by atoms with Gasteiger partial charge < -0.3 is 5.32 Å². The number of allylic oxidation sites excluding steroid dienone is 2. The van der Waals surface area contributed by atoms with Crippen LogP contribution in [0, 0.1) is 5.92 Å². The van der Waals surface area contributed by atoms with Gasteiger partial charge in [0.15, 0.2) is 0 Å². The maximum atomic E-state index is 12.3. The average molecular weight is 316 g/mol. The number of amides is 1. The van der Waals surface area contributed by atoms with Crippen molar-refractivity contribution in [2.45, 2.75) is 25.8 Å². The highest BCUT2D eigenvalue weighted by molar-refractivity contribution is 6.31. The number of carbonyl (C=O) groups excluding carboxylic acids is 1. The molecule has 2 aromatic rings. The van der Waals surface area contributed by atoms with Crippen molar-refractivity contribution >= 4 is 23.3 Å².